The zero-order valence-corrected chi connectivity index (χ0v) is 13.8. The Kier molecular flexibility index (Phi) is 5.29. The molecule has 1 aromatic carbocycles. The molecule has 0 aliphatic carbocycles. The number of hydrogen-bond acceptors (Lipinski definition) is 4. The van der Waals surface area contributed by atoms with Crippen LogP contribution in [0.2, 0.25) is 0 Å². The Balaban J connectivity index is 1.50. The SMILES string of the molecule is O=C(COc1cccc(C(F)(F)F)c1)N1CC[C@@H](Oc2ccncc2)C1. The molecule has 1 amide bonds. The maximum atomic E-state index is 12.7. The minimum absolute atomic E-state index is 0.0111. The van der Waals surface area contributed by atoms with E-state index < -0.39 is 11.7 Å². The predicted molar refractivity (Wildman–Crippen MR) is 86.8 cm³/mol. The Bertz CT molecular complexity index is 753. The summed E-state index contributed by atoms with van der Waals surface area (Å²) in [5.74, 6) is 0.403. The normalized spacial score (nSPS) is 17.2. The van der Waals surface area contributed by atoms with E-state index in [-0.39, 0.29) is 24.4 Å². The quantitative estimate of drug-likeness (QED) is 0.816. The summed E-state index contributed by atoms with van der Waals surface area (Å²) in [6.07, 6.45) is -0.658. The highest BCUT2D eigenvalue weighted by molar-refractivity contribution is 5.78. The van der Waals surface area contributed by atoms with Crippen LogP contribution in [0.5, 0.6) is 11.5 Å². The van der Waals surface area contributed by atoms with Crippen LogP contribution in [-0.4, -0.2) is 41.6 Å². The van der Waals surface area contributed by atoms with Gasteiger partial charge in [-0.25, -0.2) is 0 Å². The molecular formula is C18H17F3N2O3. The number of nitrogens with zero attached hydrogens (tertiary/aromatic N) is 2. The number of halogens is 3. The zero-order valence-electron chi connectivity index (χ0n) is 13.8. The van der Waals surface area contributed by atoms with Crippen LogP contribution in [0.4, 0.5) is 13.2 Å². The molecule has 3 rings (SSSR count). The van der Waals surface area contributed by atoms with Gasteiger partial charge in [-0.2, -0.15) is 13.2 Å². The summed E-state index contributed by atoms with van der Waals surface area (Å²) in [5.41, 5.74) is -0.811. The number of ether oxygens (including phenoxy) is 2. The van der Waals surface area contributed by atoms with Crippen LogP contribution in [0.15, 0.2) is 48.8 Å². The summed E-state index contributed by atoms with van der Waals surface area (Å²) in [6, 6.07) is 7.95. The molecule has 0 radical (unpaired) electrons. The summed E-state index contributed by atoms with van der Waals surface area (Å²) >= 11 is 0. The fraction of sp³-hybridized carbons (Fsp3) is 0.333. The lowest BCUT2D eigenvalue weighted by Gasteiger charge is -2.18. The van der Waals surface area contributed by atoms with Gasteiger partial charge in [-0.15, -0.1) is 0 Å². The second-order valence-corrected chi connectivity index (χ2v) is 5.87. The molecule has 2 heterocycles. The van der Waals surface area contributed by atoms with Gasteiger partial charge in [-0.3, -0.25) is 9.78 Å². The molecule has 1 saturated heterocycles. The average Bonchev–Trinajstić information content (AvgIpc) is 3.09. The Morgan fingerprint density at radius 2 is 1.96 bits per heavy atom. The van der Waals surface area contributed by atoms with Crippen LogP contribution in [0.1, 0.15) is 12.0 Å². The molecule has 8 heteroatoms. The van der Waals surface area contributed by atoms with Crippen molar-refractivity contribution in [2.75, 3.05) is 19.7 Å². The smallest absolute Gasteiger partial charge is 0.416 e. The Morgan fingerprint density at radius 3 is 2.69 bits per heavy atom. The third kappa shape index (κ3) is 4.65. The number of carbonyl (C=O) groups is 1. The summed E-state index contributed by atoms with van der Waals surface area (Å²) in [4.78, 5) is 17.7. The van der Waals surface area contributed by atoms with Gasteiger partial charge in [-0.05, 0) is 30.3 Å². The fourth-order valence-electron chi connectivity index (χ4n) is 2.66. The van der Waals surface area contributed by atoms with Gasteiger partial charge in [0.1, 0.15) is 17.6 Å². The average molecular weight is 366 g/mol. The summed E-state index contributed by atoms with van der Waals surface area (Å²) in [7, 11) is 0. The molecule has 0 saturated carbocycles. The summed E-state index contributed by atoms with van der Waals surface area (Å²) in [6.45, 7) is 0.608. The molecule has 138 valence electrons. The van der Waals surface area contributed by atoms with E-state index in [1.165, 1.54) is 12.1 Å². The number of likely N-dealkylation sites (tertiary alicyclic amines) is 1. The standard InChI is InChI=1S/C18H17F3N2O3/c19-18(20,21)13-2-1-3-15(10-13)25-12-17(24)23-9-6-16(11-23)26-14-4-7-22-8-5-14/h1-5,7-8,10,16H,6,9,11-12H2/t16-/m1/s1. The summed E-state index contributed by atoms with van der Waals surface area (Å²) < 4.78 is 49.1. The Labute approximate surface area is 148 Å². The van der Waals surface area contributed by atoms with Crippen molar-refractivity contribution in [3.63, 3.8) is 0 Å². The van der Waals surface area contributed by atoms with Gasteiger partial charge in [0.25, 0.3) is 5.91 Å². The highest BCUT2D eigenvalue weighted by Crippen LogP contribution is 2.31. The van der Waals surface area contributed by atoms with Gasteiger partial charge >= 0.3 is 6.18 Å². The maximum absolute atomic E-state index is 12.7. The Hall–Kier alpha value is -2.77. The van der Waals surface area contributed by atoms with Crippen LogP contribution < -0.4 is 9.47 Å². The van der Waals surface area contributed by atoms with Crippen molar-refractivity contribution in [2.45, 2.75) is 18.7 Å². The van der Waals surface area contributed by atoms with Gasteiger partial charge in [-0.1, -0.05) is 6.07 Å². The molecule has 1 aromatic heterocycles. The second kappa shape index (κ2) is 7.63. The lowest BCUT2D eigenvalue weighted by atomic mass is 10.2. The van der Waals surface area contributed by atoms with Gasteiger partial charge < -0.3 is 14.4 Å². The molecule has 1 fully saturated rings. The number of carbonyl (C=O) groups excluding carboxylic acids is 1. The fourth-order valence-corrected chi connectivity index (χ4v) is 2.66. The number of alkyl halides is 3. The summed E-state index contributed by atoms with van der Waals surface area (Å²) in [5, 5.41) is 0. The number of pyridine rings is 1. The molecule has 0 N–H and O–H groups in total. The molecule has 0 bridgehead atoms. The van der Waals surface area contributed by atoms with Crippen LogP contribution >= 0.6 is 0 Å². The number of rotatable bonds is 5. The van der Waals surface area contributed by atoms with E-state index in [1.54, 1.807) is 29.4 Å². The predicted octanol–water partition coefficient (Wildman–Crippen LogP) is 3.16. The lowest BCUT2D eigenvalue weighted by molar-refractivity contribution is -0.137. The highest BCUT2D eigenvalue weighted by atomic mass is 19.4. The van der Waals surface area contributed by atoms with Crippen LogP contribution in [0, 0.1) is 0 Å². The van der Waals surface area contributed by atoms with E-state index in [1.807, 2.05) is 0 Å². The third-order valence-electron chi connectivity index (χ3n) is 3.97. The first-order chi connectivity index (χ1) is 12.4. The van der Waals surface area contributed by atoms with E-state index in [0.29, 0.717) is 25.3 Å². The van der Waals surface area contributed by atoms with Crippen molar-refractivity contribution in [3.05, 3.63) is 54.4 Å². The van der Waals surface area contributed by atoms with Gasteiger partial charge in [0, 0.05) is 25.4 Å². The van der Waals surface area contributed by atoms with Crippen LogP contribution in [0.25, 0.3) is 0 Å². The zero-order chi connectivity index (χ0) is 18.6. The molecule has 1 aliphatic rings. The lowest BCUT2D eigenvalue weighted by Crippen LogP contribution is -2.34. The van der Waals surface area contributed by atoms with E-state index in [4.69, 9.17) is 9.47 Å². The molecule has 1 aliphatic heterocycles. The van der Waals surface area contributed by atoms with Crippen molar-refractivity contribution in [3.8, 4) is 11.5 Å². The Morgan fingerprint density at radius 1 is 1.19 bits per heavy atom. The van der Waals surface area contributed by atoms with Gasteiger partial charge in [0.15, 0.2) is 6.61 Å². The maximum Gasteiger partial charge on any atom is 0.416 e. The molecule has 2 aromatic rings. The molecule has 26 heavy (non-hydrogen) atoms. The monoisotopic (exact) mass is 366 g/mol. The third-order valence-corrected chi connectivity index (χ3v) is 3.97. The van der Waals surface area contributed by atoms with Crippen molar-refractivity contribution >= 4 is 5.91 Å². The molecule has 0 spiro atoms. The molecular weight excluding hydrogens is 349 g/mol. The number of aromatic nitrogens is 1. The van der Waals surface area contributed by atoms with E-state index in [2.05, 4.69) is 4.98 Å². The van der Waals surface area contributed by atoms with E-state index in [9.17, 15) is 18.0 Å². The van der Waals surface area contributed by atoms with Crippen molar-refractivity contribution in [2.24, 2.45) is 0 Å². The molecule has 1 atom stereocenters. The van der Waals surface area contributed by atoms with E-state index in [0.717, 1.165) is 12.1 Å². The highest BCUT2D eigenvalue weighted by Gasteiger charge is 2.31. The largest absolute Gasteiger partial charge is 0.488 e. The molecule has 5 nitrogen and oxygen atoms in total. The van der Waals surface area contributed by atoms with E-state index >= 15 is 0 Å². The first kappa shape index (κ1) is 18.0. The number of benzene rings is 1. The van der Waals surface area contributed by atoms with Crippen molar-refractivity contribution < 1.29 is 27.4 Å². The van der Waals surface area contributed by atoms with Crippen molar-refractivity contribution in [1.29, 1.82) is 0 Å². The van der Waals surface area contributed by atoms with Crippen LogP contribution in [0.3, 0.4) is 0 Å². The van der Waals surface area contributed by atoms with Crippen molar-refractivity contribution in [1.82, 2.24) is 9.88 Å². The minimum atomic E-state index is -4.45. The minimum Gasteiger partial charge on any atom is -0.488 e. The van der Waals surface area contributed by atoms with Crippen LogP contribution in [-0.2, 0) is 11.0 Å². The topological polar surface area (TPSA) is 51.7 Å². The molecule has 0 unspecified atom stereocenters. The first-order valence-electron chi connectivity index (χ1n) is 8.06. The number of hydrogen-bond donors (Lipinski definition) is 0. The first-order valence-corrected chi connectivity index (χ1v) is 8.06. The second-order valence-electron chi connectivity index (χ2n) is 5.87. The van der Waals surface area contributed by atoms with Gasteiger partial charge in [0.05, 0.1) is 12.1 Å². The number of amides is 1. The van der Waals surface area contributed by atoms with Gasteiger partial charge in [0.2, 0.25) is 0 Å².